The van der Waals surface area contributed by atoms with Crippen molar-refractivity contribution < 1.29 is 34.2 Å². The molecule has 12 heteroatoms. The third kappa shape index (κ3) is 10.1. The van der Waals surface area contributed by atoms with E-state index in [-0.39, 0.29) is 12.3 Å². The van der Waals surface area contributed by atoms with Crippen LogP contribution < -0.4 is 21.7 Å². The molecule has 4 atom stereocenters. The molecular weight excluding hydrogens is 404 g/mol. The quantitative estimate of drug-likeness (QED) is 0.206. The topological polar surface area (TPSA) is 188 Å². The monoisotopic (exact) mass is 434 g/mol. The molecule has 0 fully saturated rings. The van der Waals surface area contributed by atoms with Crippen LogP contribution in [0.4, 0.5) is 0 Å². The highest BCUT2D eigenvalue weighted by Gasteiger charge is 2.32. The zero-order valence-electron chi connectivity index (χ0n) is 16.9. The Labute approximate surface area is 173 Å². The van der Waals surface area contributed by atoms with Crippen LogP contribution in [0.5, 0.6) is 0 Å². The molecule has 0 aromatic rings. The molecule has 0 heterocycles. The van der Waals surface area contributed by atoms with Crippen LogP contribution >= 0.6 is 11.8 Å². The van der Waals surface area contributed by atoms with Gasteiger partial charge in [0.1, 0.15) is 18.1 Å². The number of thioether (sulfide) groups is 1. The van der Waals surface area contributed by atoms with Crippen LogP contribution in [0.25, 0.3) is 0 Å². The molecule has 3 amide bonds. The SMILES string of the molecule is CSCCC(NC(=O)C(CC(=O)O)NC(=O)C(NC(=O)C(C)N)C(C)C)C(=O)O. The molecule has 0 spiro atoms. The highest BCUT2D eigenvalue weighted by molar-refractivity contribution is 7.98. The van der Waals surface area contributed by atoms with E-state index in [1.165, 1.54) is 18.7 Å². The lowest BCUT2D eigenvalue weighted by molar-refractivity contribution is -0.143. The van der Waals surface area contributed by atoms with Gasteiger partial charge in [-0.1, -0.05) is 13.8 Å². The number of amides is 3. The first kappa shape index (κ1) is 26.7. The molecule has 0 aliphatic carbocycles. The molecule has 29 heavy (non-hydrogen) atoms. The van der Waals surface area contributed by atoms with Gasteiger partial charge in [-0.3, -0.25) is 19.2 Å². The lowest BCUT2D eigenvalue weighted by Crippen LogP contribution is -2.58. The second-order valence-electron chi connectivity index (χ2n) is 6.86. The summed E-state index contributed by atoms with van der Waals surface area (Å²) in [5.74, 6) is -4.83. The van der Waals surface area contributed by atoms with E-state index in [2.05, 4.69) is 16.0 Å². The number of nitrogens with two attached hydrogens (primary N) is 1. The van der Waals surface area contributed by atoms with E-state index in [1.807, 2.05) is 0 Å². The predicted molar refractivity (Wildman–Crippen MR) is 107 cm³/mol. The first-order valence-electron chi connectivity index (χ1n) is 9.00. The van der Waals surface area contributed by atoms with E-state index >= 15 is 0 Å². The summed E-state index contributed by atoms with van der Waals surface area (Å²) in [6, 6.07) is -4.65. The molecule has 0 aromatic carbocycles. The Morgan fingerprint density at radius 1 is 0.897 bits per heavy atom. The number of hydrogen-bond acceptors (Lipinski definition) is 7. The number of nitrogens with one attached hydrogen (secondary N) is 3. The van der Waals surface area contributed by atoms with Gasteiger partial charge in [-0.2, -0.15) is 11.8 Å². The fraction of sp³-hybridized carbons (Fsp3) is 0.706. The Morgan fingerprint density at radius 3 is 1.86 bits per heavy atom. The van der Waals surface area contributed by atoms with E-state index in [0.29, 0.717) is 5.75 Å². The van der Waals surface area contributed by atoms with Crippen LogP contribution in [0.3, 0.4) is 0 Å². The zero-order chi connectivity index (χ0) is 22.7. The smallest absolute Gasteiger partial charge is 0.326 e. The summed E-state index contributed by atoms with van der Waals surface area (Å²) in [7, 11) is 0. The van der Waals surface area contributed by atoms with Crippen molar-refractivity contribution >= 4 is 41.4 Å². The minimum absolute atomic E-state index is 0.134. The number of carbonyl (C=O) groups is 5. The maximum atomic E-state index is 12.6. The minimum Gasteiger partial charge on any atom is -0.481 e. The average Bonchev–Trinajstić information content (AvgIpc) is 2.60. The fourth-order valence-corrected chi connectivity index (χ4v) is 2.70. The summed E-state index contributed by atoms with van der Waals surface area (Å²) >= 11 is 1.39. The van der Waals surface area contributed by atoms with Crippen LogP contribution in [0.1, 0.15) is 33.6 Å². The van der Waals surface area contributed by atoms with Crippen molar-refractivity contribution in [3.8, 4) is 0 Å². The molecule has 0 rings (SSSR count). The highest BCUT2D eigenvalue weighted by atomic mass is 32.2. The van der Waals surface area contributed by atoms with Crippen molar-refractivity contribution in [2.45, 2.75) is 57.8 Å². The summed E-state index contributed by atoms with van der Waals surface area (Å²) in [6.45, 7) is 4.74. The first-order valence-corrected chi connectivity index (χ1v) is 10.4. The Hall–Kier alpha value is -2.34. The second kappa shape index (κ2) is 13.0. The third-order valence-corrected chi connectivity index (χ3v) is 4.54. The molecule has 0 bridgehead atoms. The largest absolute Gasteiger partial charge is 0.481 e. The lowest BCUT2D eigenvalue weighted by atomic mass is 10.0. The van der Waals surface area contributed by atoms with Gasteiger partial charge in [0, 0.05) is 0 Å². The van der Waals surface area contributed by atoms with Crippen molar-refractivity contribution in [2.75, 3.05) is 12.0 Å². The molecule has 0 saturated carbocycles. The number of carboxylic acids is 2. The number of carbonyl (C=O) groups excluding carboxylic acids is 3. The first-order chi connectivity index (χ1) is 13.4. The van der Waals surface area contributed by atoms with Gasteiger partial charge in [0.05, 0.1) is 12.5 Å². The molecule has 0 radical (unpaired) electrons. The van der Waals surface area contributed by atoms with Crippen molar-refractivity contribution in [3.05, 3.63) is 0 Å². The van der Waals surface area contributed by atoms with Gasteiger partial charge >= 0.3 is 11.9 Å². The van der Waals surface area contributed by atoms with Gasteiger partial charge < -0.3 is 31.9 Å². The lowest BCUT2D eigenvalue weighted by Gasteiger charge is -2.26. The van der Waals surface area contributed by atoms with Crippen LogP contribution in [0, 0.1) is 5.92 Å². The van der Waals surface area contributed by atoms with Gasteiger partial charge in [0.2, 0.25) is 17.7 Å². The maximum Gasteiger partial charge on any atom is 0.326 e. The summed E-state index contributed by atoms with van der Waals surface area (Å²) < 4.78 is 0. The zero-order valence-corrected chi connectivity index (χ0v) is 17.7. The fourth-order valence-electron chi connectivity index (χ4n) is 2.23. The van der Waals surface area contributed by atoms with Gasteiger partial charge in [-0.15, -0.1) is 0 Å². The average molecular weight is 435 g/mol. The summed E-state index contributed by atoms with van der Waals surface area (Å²) in [4.78, 5) is 59.3. The Kier molecular flexibility index (Phi) is 11.9. The van der Waals surface area contributed by atoms with Crippen molar-refractivity contribution in [1.82, 2.24) is 16.0 Å². The van der Waals surface area contributed by atoms with Gasteiger partial charge in [0.15, 0.2) is 0 Å². The van der Waals surface area contributed by atoms with E-state index in [4.69, 9.17) is 10.8 Å². The van der Waals surface area contributed by atoms with Crippen LogP contribution in [-0.4, -0.2) is 76.0 Å². The predicted octanol–water partition coefficient (Wildman–Crippen LogP) is -1.24. The minimum atomic E-state index is -1.51. The number of rotatable bonds is 13. The molecule has 11 nitrogen and oxygen atoms in total. The number of hydrogen-bond donors (Lipinski definition) is 6. The van der Waals surface area contributed by atoms with Gasteiger partial charge in [-0.25, -0.2) is 4.79 Å². The van der Waals surface area contributed by atoms with E-state index in [1.54, 1.807) is 20.1 Å². The van der Waals surface area contributed by atoms with E-state index < -0.39 is 60.2 Å². The second-order valence-corrected chi connectivity index (χ2v) is 7.84. The van der Waals surface area contributed by atoms with Crippen LogP contribution in [-0.2, 0) is 24.0 Å². The van der Waals surface area contributed by atoms with Gasteiger partial charge in [-0.05, 0) is 31.3 Å². The maximum absolute atomic E-state index is 12.6. The molecular formula is C17H30N4O7S. The van der Waals surface area contributed by atoms with Gasteiger partial charge in [0.25, 0.3) is 0 Å². The number of carboxylic acid groups (broad SMARTS) is 2. The summed E-state index contributed by atoms with van der Waals surface area (Å²) in [5, 5.41) is 25.3. The molecule has 7 N–H and O–H groups in total. The molecule has 0 aromatic heterocycles. The molecule has 0 aliphatic rings. The van der Waals surface area contributed by atoms with Crippen molar-refractivity contribution in [3.63, 3.8) is 0 Å². The van der Waals surface area contributed by atoms with Crippen molar-refractivity contribution in [2.24, 2.45) is 11.7 Å². The normalized spacial score (nSPS) is 15.0. The Morgan fingerprint density at radius 2 is 1.45 bits per heavy atom. The molecule has 0 aliphatic heterocycles. The molecule has 4 unspecified atom stereocenters. The summed E-state index contributed by atoms with van der Waals surface area (Å²) in [6.07, 6.45) is 1.16. The number of aliphatic carboxylic acids is 2. The van der Waals surface area contributed by atoms with E-state index in [9.17, 15) is 29.1 Å². The summed E-state index contributed by atoms with van der Waals surface area (Å²) in [5.41, 5.74) is 5.48. The van der Waals surface area contributed by atoms with Crippen LogP contribution in [0.2, 0.25) is 0 Å². The van der Waals surface area contributed by atoms with Crippen LogP contribution in [0.15, 0.2) is 0 Å². The molecule has 0 saturated heterocycles. The third-order valence-electron chi connectivity index (χ3n) is 3.90. The highest BCUT2D eigenvalue weighted by Crippen LogP contribution is 2.06. The molecule has 166 valence electrons. The van der Waals surface area contributed by atoms with Crippen molar-refractivity contribution in [1.29, 1.82) is 0 Å². The Balaban J connectivity index is 5.35. The van der Waals surface area contributed by atoms with E-state index in [0.717, 1.165) is 0 Å². The Bertz CT molecular complexity index is 613. The standard InChI is InChI=1S/C17H30N4O7S/c1-8(2)13(21-14(24)9(3)18)16(26)20-11(7-12(22)23)15(25)19-10(17(27)28)5-6-29-4/h8-11,13H,5-7,18H2,1-4H3,(H,19,25)(H,20,26)(H,21,24)(H,22,23)(H,27,28).